The average molecular weight is 1860 g/mol. The molecule has 716 valence electrons. The molecule has 8 rings (SSSR count). The molecule has 6 fully saturated rings. The zero-order valence-electron chi connectivity index (χ0n) is 82.1. The molecule has 8 aliphatic rings. The van der Waals surface area contributed by atoms with Crippen molar-refractivity contribution in [2.75, 3.05) is 34.4 Å². The Labute approximate surface area is 855 Å². The number of hydrogen-bond acceptors (Lipinski definition) is 23. The fourth-order valence-electron chi connectivity index (χ4n) is 19.4. The van der Waals surface area contributed by atoms with Crippen LogP contribution >= 0.6 is 0 Å². The Kier molecular flexibility index (Phi) is 58.4. The van der Waals surface area contributed by atoms with Gasteiger partial charge in [-0.05, 0) is 217 Å². The number of ketones is 5. The molecule has 0 spiro atoms. The van der Waals surface area contributed by atoms with Crippen LogP contribution in [0.4, 0.5) is 0 Å². The second kappa shape index (κ2) is 60.7. The van der Waals surface area contributed by atoms with Crippen molar-refractivity contribution in [3.8, 4) is 0 Å². The molecular formula is C97H158B2F2K2N2O23. The SMILES string of the molecule is C.C=CC[C@@H]1/C=C(/C)C[C@H](C)C[C@H](OC)[C@H]2O[C@@](O)(C(=O)C(=O)N3CCCC[C@H]3C(=O)O[C@H](/C(C)=C/[C@H]3CC[C@@H](O)[C@H](C)C3)C(C)[C@@H](O)CC1=O)[C@H](C)C[C@@H]2OC.CC.CO[C@H]1C[C@@H]2CC[C@@H](C)[C@@](O)(O2)C(=O)C(=O)N2CCCC[C@H]2C(=O)O[C@H]([C@H](C)C[C@H]2CC[C@@H](O)[C@H](C)C2)CC(=O)[C@H](C)/C=C(\C)[C@@H](O)[C@@H](O)C(=O)[C@H](C)C[C@H](C)/C=C/C=CC=C1C.[2H][B].[2H][B].[F-].[F-].[K+].[K+]. The monoisotopic (exact) mass is 1860 g/mol. The summed E-state index contributed by atoms with van der Waals surface area (Å²) in [6, 6.07) is -2.25. The number of halogens is 2. The minimum Gasteiger partial charge on any atom is -1.00 e. The van der Waals surface area contributed by atoms with Gasteiger partial charge in [0.15, 0.2) is 5.78 Å². The van der Waals surface area contributed by atoms with Crippen LogP contribution in [-0.4, -0.2) is 249 Å². The molecule has 1 unspecified atom stereocenters. The van der Waals surface area contributed by atoms with E-state index in [1.54, 1.807) is 54.7 Å². The summed E-state index contributed by atoms with van der Waals surface area (Å²) in [5.74, 6) is -15.6. The van der Waals surface area contributed by atoms with Gasteiger partial charge < -0.3 is 88.1 Å². The number of fused-ring (bicyclic) bond motifs is 6. The second-order valence-corrected chi connectivity index (χ2v) is 37.1. The molecule has 31 heteroatoms. The summed E-state index contributed by atoms with van der Waals surface area (Å²) >= 11 is 0. The van der Waals surface area contributed by atoms with Gasteiger partial charge in [-0.2, -0.15) is 0 Å². The number of aliphatic hydroxyl groups excluding tert-OH is 5. The van der Waals surface area contributed by atoms with E-state index in [1.165, 1.54) is 30.1 Å². The number of carbonyl (C=O) groups excluding carboxylic acids is 9. The van der Waals surface area contributed by atoms with Crippen LogP contribution in [0.2, 0.25) is 0 Å². The van der Waals surface area contributed by atoms with Crippen LogP contribution < -0.4 is 112 Å². The van der Waals surface area contributed by atoms with E-state index in [-0.39, 0.29) is 236 Å². The second-order valence-electron chi connectivity index (χ2n) is 37.1. The zero-order valence-corrected chi connectivity index (χ0v) is 86.4. The third-order valence-electron chi connectivity index (χ3n) is 27.3. The third kappa shape index (κ3) is 35.0. The van der Waals surface area contributed by atoms with Crippen molar-refractivity contribution in [3.63, 3.8) is 0 Å². The molecule has 0 aromatic carbocycles. The maximum atomic E-state index is 14.3. The summed E-state index contributed by atoms with van der Waals surface area (Å²) in [5, 5.41) is 78.4. The molecule has 29 atom stereocenters. The van der Waals surface area contributed by atoms with E-state index in [9.17, 15) is 78.9 Å². The molecule has 7 N–H and O–H groups in total. The summed E-state index contributed by atoms with van der Waals surface area (Å²) in [4.78, 5) is 129. The quantitative estimate of drug-likeness (QED) is 0.0644. The summed E-state index contributed by atoms with van der Waals surface area (Å²) < 4.78 is 52.9. The average Bonchev–Trinajstić information content (AvgIpc) is 0.797. The predicted molar refractivity (Wildman–Crippen MR) is 482 cm³/mol. The maximum Gasteiger partial charge on any atom is 1.00 e. The van der Waals surface area contributed by atoms with Gasteiger partial charge in [-0.1, -0.05) is 151 Å². The molecule has 2 amide bonds. The Morgan fingerprint density at radius 3 is 1.70 bits per heavy atom. The first kappa shape index (κ1) is 123. The normalized spacial score (nSPS) is 38.0. The molecule has 4 radical (unpaired) electrons. The number of piperidine rings is 2. The summed E-state index contributed by atoms with van der Waals surface area (Å²) in [5.41, 5.74) is 2.79. The fraction of sp³-hybridized carbons (Fsp3) is 0.763. The Morgan fingerprint density at radius 2 is 1.16 bits per heavy atom. The number of hydrogen-bond donors (Lipinski definition) is 7. The first-order valence-electron chi connectivity index (χ1n) is 46.4. The number of rotatable bonds is 10. The Bertz CT molecular complexity index is 3700. The molecule has 6 heterocycles. The molecule has 128 heavy (non-hydrogen) atoms. The topological polar surface area (TPSA) is 366 Å². The molecule has 2 aliphatic carbocycles. The number of cyclic esters (lactones) is 2. The molecule has 0 aromatic rings. The molecule has 6 aliphatic heterocycles. The number of aliphatic hydroxyl groups is 7. The fourth-order valence-corrected chi connectivity index (χ4v) is 19.4. The van der Waals surface area contributed by atoms with E-state index in [1.807, 2.05) is 112 Å². The minimum atomic E-state index is -2.50. The van der Waals surface area contributed by atoms with Crippen LogP contribution in [0.1, 0.15) is 266 Å². The van der Waals surface area contributed by atoms with Crippen LogP contribution in [0.3, 0.4) is 0 Å². The van der Waals surface area contributed by atoms with E-state index in [2.05, 4.69) is 23.3 Å². The number of allylic oxidation sites excluding steroid dienone is 10. The largest absolute Gasteiger partial charge is 1.00 e. The first-order chi connectivity index (χ1) is 59.1. The van der Waals surface area contributed by atoms with Crippen molar-refractivity contribution < 1.29 is 224 Å². The molecule has 0 aromatic heterocycles. The Hall–Kier alpha value is -2.81. The summed E-state index contributed by atoms with van der Waals surface area (Å²) in [6.45, 7) is 33.7. The van der Waals surface area contributed by atoms with Gasteiger partial charge in [-0.25, -0.2) is 9.59 Å². The molecular weight excluding hydrogens is 1700 g/mol. The van der Waals surface area contributed by atoms with Crippen LogP contribution in [0.5, 0.6) is 0 Å². The molecule has 25 nitrogen and oxygen atoms in total. The number of methoxy groups -OCH3 is 3. The number of esters is 2. The van der Waals surface area contributed by atoms with Gasteiger partial charge in [0.05, 0.1) is 42.7 Å². The standard InChI is InChI=1S/C50H77NO12.C44H69NO11.C2H6.CH4.2BH.2FH.2K/c1-29-15-11-10-12-16-30(2)42(61-9)27-38-20-18-36(8)50(60,63-38)47(57)48(58)51-22-14-13-17-39(51)49(59)62-43(33(5)26-37-19-21-40(52)32(4)25-37)28-41(53)31(3)24-35(7)45(55)46(56)44(54)34(6)23-29;1-10-13-32-19-25(2)18-26(3)20-37(53-8)40-38(54-9)23-29(6)44(52,56-40)41(49)42(50)45-17-12-11-14-33(45)43(51)55-39(30(7)35(47)24-36(32)48)28(5)22-31-15-16-34(46)27(4)21-31;1-2;;;;;;;/h10-12,15-16,24,29,31-34,36-40,42-43,45-46,52,55-56,60H,13-14,17-23,25-28H2,1-9H3;10,19,22,26-27,29-35,37-40,46-47,52H,1,11-18,20-21,23-24H2,2-9H3;1-2H3;1H4;4*1H;;/q;;;;;;;;2*+1/p-2/b12-10?,15-11+,30-16?,35-24+;25-19-,28-22+;;;;;;;;/t29-,31-,32-,33-,34-,36-,37+,38+,39+,40-,42+,43+,45-,46+,50-;26-,27+,29+,30?,31-,32+,33-,34+,35-,37-,38-,39+,40+,44+;;;;;;;;/m10......../s1/i;;;;2*1D;;;;. The van der Waals surface area contributed by atoms with Crippen molar-refractivity contribution in [1.82, 2.24) is 9.80 Å². The van der Waals surface area contributed by atoms with Crippen molar-refractivity contribution in [2.45, 2.75) is 363 Å². The number of carbonyl (C=O) groups is 9. The van der Waals surface area contributed by atoms with E-state index >= 15 is 0 Å². The van der Waals surface area contributed by atoms with E-state index in [0.29, 0.717) is 95.5 Å². The van der Waals surface area contributed by atoms with E-state index in [4.69, 9.17) is 35.8 Å². The van der Waals surface area contributed by atoms with Gasteiger partial charge in [0.1, 0.15) is 54.2 Å². The van der Waals surface area contributed by atoms with Gasteiger partial charge in [0.25, 0.3) is 23.4 Å². The minimum absolute atomic E-state index is 0. The van der Waals surface area contributed by atoms with Gasteiger partial charge in [-0.15, -0.1) is 6.58 Å². The van der Waals surface area contributed by atoms with Crippen molar-refractivity contribution in [1.29, 1.82) is 2.67 Å². The van der Waals surface area contributed by atoms with Crippen LogP contribution in [0.25, 0.3) is 0 Å². The predicted octanol–water partition coefficient (Wildman–Crippen LogP) is -0.211. The van der Waals surface area contributed by atoms with Gasteiger partial charge in [0, 0.05) is 106 Å². The summed E-state index contributed by atoms with van der Waals surface area (Å²) in [6.07, 6.45) is 17.2. The molecule has 2 saturated carbocycles. The third-order valence-corrected chi connectivity index (χ3v) is 27.3. The van der Waals surface area contributed by atoms with Gasteiger partial charge in [-0.3, -0.25) is 33.6 Å². The van der Waals surface area contributed by atoms with E-state index < -0.39 is 161 Å². The number of nitrogens with zero attached hydrogens (tertiary/aromatic N) is 2. The smallest absolute Gasteiger partial charge is 1.00 e. The summed E-state index contributed by atoms with van der Waals surface area (Å²) in [7, 11) is 12.1. The Morgan fingerprint density at radius 1 is 0.609 bits per heavy atom. The zero-order chi connectivity index (χ0) is 94.2. The number of ether oxygens (including phenoxy) is 7. The van der Waals surface area contributed by atoms with Gasteiger partial charge >= 0.3 is 115 Å². The van der Waals surface area contributed by atoms with Crippen molar-refractivity contribution >= 4 is 69.4 Å². The number of amides is 2. The van der Waals surface area contributed by atoms with Crippen molar-refractivity contribution in [3.05, 3.63) is 83.6 Å². The van der Waals surface area contributed by atoms with Crippen molar-refractivity contribution in [2.24, 2.45) is 76.9 Å². The molecule has 4 bridgehead atoms. The van der Waals surface area contributed by atoms with Gasteiger partial charge in [0.2, 0.25) is 11.6 Å². The Balaban J connectivity index is 0. The number of Topliss-reactive ketones (excluding diaryl/α,β-unsaturated/α-hetero) is 5. The molecule has 4 saturated heterocycles. The van der Waals surface area contributed by atoms with Crippen LogP contribution in [-0.2, 0) is 76.3 Å². The first-order valence-corrected chi connectivity index (χ1v) is 45.3. The van der Waals surface area contributed by atoms with Crippen LogP contribution in [0, 0.1) is 76.9 Å². The van der Waals surface area contributed by atoms with E-state index in [0.717, 1.165) is 36.8 Å². The maximum absolute atomic E-state index is 14.3. The van der Waals surface area contributed by atoms with Crippen LogP contribution in [0.15, 0.2) is 83.6 Å².